The predicted molar refractivity (Wildman–Crippen MR) is 112 cm³/mol. The monoisotopic (exact) mass is 403 g/mol. The van der Waals surface area contributed by atoms with E-state index in [-0.39, 0.29) is 23.5 Å². The molecule has 1 aliphatic heterocycles. The van der Waals surface area contributed by atoms with Gasteiger partial charge in [-0.2, -0.15) is 5.10 Å². The molecule has 0 aromatic heterocycles. The highest BCUT2D eigenvalue weighted by Gasteiger charge is 2.30. The molecule has 0 aliphatic carbocycles. The van der Waals surface area contributed by atoms with Crippen LogP contribution in [-0.4, -0.2) is 54.9 Å². The van der Waals surface area contributed by atoms with Gasteiger partial charge in [-0.1, -0.05) is 26.5 Å². The van der Waals surface area contributed by atoms with Gasteiger partial charge in [-0.25, -0.2) is 9.40 Å². The lowest BCUT2D eigenvalue weighted by atomic mass is 10.1. The first-order chi connectivity index (χ1) is 13.8. The minimum Gasteiger partial charge on any atom is -0.497 e. The number of ether oxygens (including phenoxy) is 2. The van der Waals surface area contributed by atoms with Crippen molar-refractivity contribution in [3.63, 3.8) is 0 Å². The number of hydrogen-bond acceptors (Lipinski definition) is 5. The van der Waals surface area contributed by atoms with Gasteiger partial charge in [0.25, 0.3) is 5.91 Å². The molecule has 0 N–H and O–H groups in total. The third-order valence-corrected chi connectivity index (χ3v) is 4.38. The molecular weight excluding hydrogens is 373 g/mol. The lowest BCUT2D eigenvalue weighted by molar-refractivity contribution is -0.0140. The van der Waals surface area contributed by atoms with Gasteiger partial charge in [-0.3, -0.25) is 4.79 Å². The molecule has 1 heterocycles. The average Bonchev–Trinajstić information content (AvgIpc) is 2.69. The van der Waals surface area contributed by atoms with Gasteiger partial charge in [0.15, 0.2) is 0 Å². The Kier molecular flexibility index (Phi) is 7.96. The Labute approximate surface area is 172 Å². The number of amides is 1. The number of methoxy groups -OCH3 is 1. The van der Waals surface area contributed by atoms with Crippen LogP contribution in [0.1, 0.15) is 38.1 Å². The lowest BCUT2D eigenvalue weighted by Crippen LogP contribution is -2.48. The first-order valence-electron chi connectivity index (χ1n) is 9.68. The van der Waals surface area contributed by atoms with Gasteiger partial charge >= 0.3 is 0 Å². The molecular formula is C22H30FN3O3. The van der Waals surface area contributed by atoms with E-state index >= 15 is 0 Å². The maximum absolute atomic E-state index is 13.9. The molecule has 6 nitrogen and oxygen atoms in total. The predicted octanol–water partition coefficient (Wildman–Crippen LogP) is 4.06. The number of morpholine rings is 1. The SMILES string of the molecule is C=C(C)N(/N=C\C)/C(=C\C(C)C)C1CN(C(=O)c2cc(F)cc(OC)c2)CCO1. The molecule has 1 aromatic rings. The van der Waals surface area contributed by atoms with Gasteiger partial charge in [-0.15, -0.1) is 0 Å². The second-order valence-electron chi connectivity index (χ2n) is 7.25. The number of allylic oxidation sites excluding steroid dienone is 2. The van der Waals surface area contributed by atoms with Crippen LogP contribution in [0.5, 0.6) is 5.75 Å². The molecule has 1 aliphatic rings. The maximum atomic E-state index is 13.9. The number of rotatable bonds is 7. The number of halogens is 1. The Bertz CT molecular complexity index is 804. The van der Waals surface area contributed by atoms with E-state index in [9.17, 15) is 9.18 Å². The Morgan fingerprint density at radius 2 is 2.17 bits per heavy atom. The van der Waals surface area contributed by atoms with Crippen molar-refractivity contribution in [3.05, 3.63) is 53.6 Å². The molecule has 1 fully saturated rings. The normalized spacial score (nSPS) is 17.7. The highest BCUT2D eigenvalue weighted by molar-refractivity contribution is 5.94. The summed E-state index contributed by atoms with van der Waals surface area (Å²) in [7, 11) is 1.44. The van der Waals surface area contributed by atoms with Crippen LogP contribution in [0.25, 0.3) is 0 Å². The summed E-state index contributed by atoms with van der Waals surface area (Å²) >= 11 is 0. The number of hydrogen-bond donors (Lipinski definition) is 0. The van der Waals surface area contributed by atoms with Crippen LogP contribution < -0.4 is 4.74 Å². The summed E-state index contributed by atoms with van der Waals surface area (Å²) in [6.45, 7) is 13.0. The molecule has 0 radical (unpaired) electrons. The van der Waals surface area contributed by atoms with Crippen LogP contribution in [-0.2, 0) is 4.74 Å². The van der Waals surface area contributed by atoms with Crippen LogP contribution in [0, 0.1) is 11.7 Å². The highest BCUT2D eigenvalue weighted by Crippen LogP contribution is 2.25. The molecule has 0 saturated carbocycles. The quantitative estimate of drug-likeness (QED) is 0.509. The molecule has 158 valence electrons. The molecule has 2 rings (SSSR count). The first-order valence-corrected chi connectivity index (χ1v) is 9.68. The molecule has 1 amide bonds. The van der Waals surface area contributed by atoms with Crippen molar-refractivity contribution in [2.75, 3.05) is 26.8 Å². The second-order valence-corrected chi connectivity index (χ2v) is 7.25. The fourth-order valence-electron chi connectivity index (χ4n) is 3.16. The summed E-state index contributed by atoms with van der Waals surface area (Å²) in [6.07, 6.45) is 3.38. The standard InChI is InChI=1S/C22H30FN3O3/c1-7-24-26(16(4)5)20(10-15(2)3)21-14-25(8-9-29-21)22(27)17-11-18(23)13-19(12-17)28-6/h7,10-13,15,21H,4,8-9,14H2,1-3,5-6H3/b20-10-,24-7-. The maximum Gasteiger partial charge on any atom is 0.254 e. The zero-order chi connectivity index (χ0) is 21.6. The van der Waals surface area contributed by atoms with E-state index in [1.807, 2.05) is 13.8 Å². The summed E-state index contributed by atoms with van der Waals surface area (Å²) in [5, 5.41) is 6.15. The summed E-state index contributed by atoms with van der Waals surface area (Å²) in [5.41, 5.74) is 1.83. The number of hydrazone groups is 1. The van der Waals surface area contributed by atoms with Gasteiger partial charge < -0.3 is 14.4 Å². The molecule has 29 heavy (non-hydrogen) atoms. The van der Waals surface area contributed by atoms with Crippen molar-refractivity contribution >= 4 is 12.1 Å². The summed E-state index contributed by atoms with van der Waals surface area (Å²) in [4.78, 5) is 14.7. The summed E-state index contributed by atoms with van der Waals surface area (Å²) in [6, 6.07) is 4.01. The second kappa shape index (κ2) is 10.2. The van der Waals surface area contributed by atoms with Crippen LogP contribution >= 0.6 is 0 Å². The molecule has 7 heteroatoms. The van der Waals surface area contributed by atoms with E-state index in [1.165, 1.54) is 19.2 Å². The molecule has 1 aromatic carbocycles. The fourth-order valence-corrected chi connectivity index (χ4v) is 3.16. The molecule has 0 spiro atoms. The minimum atomic E-state index is -0.511. The largest absolute Gasteiger partial charge is 0.497 e. The van der Waals surface area contributed by atoms with E-state index < -0.39 is 5.82 Å². The highest BCUT2D eigenvalue weighted by atomic mass is 19.1. The zero-order valence-electron chi connectivity index (χ0n) is 17.8. The van der Waals surface area contributed by atoms with Crippen molar-refractivity contribution in [2.45, 2.75) is 33.8 Å². The average molecular weight is 403 g/mol. The minimum absolute atomic E-state index is 0.250. The Morgan fingerprint density at radius 3 is 2.76 bits per heavy atom. The lowest BCUT2D eigenvalue weighted by Gasteiger charge is -2.37. The number of carbonyl (C=O) groups is 1. The van der Waals surface area contributed by atoms with Crippen LogP contribution in [0.2, 0.25) is 0 Å². The number of carbonyl (C=O) groups excluding carboxylic acids is 1. The van der Waals surface area contributed by atoms with Gasteiger partial charge in [0.2, 0.25) is 0 Å². The summed E-state index contributed by atoms with van der Waals surface area (Å²) < 4.78 is 24.9. The van der Waals surface area contributed by atoms with E-state index in [2.05, 4.69) is 31.6 Å². The summed E-state index contributed by atoms with van der Waals surface area (Å²) in [5.74, 6) is -0.213. The van der Waals surface area contributed by atoms with Crippen LogP contribution in [0.4, 0.5) is 4.39 Å². The van der Waals surface area contributed by atoms with E-state index in [4.69, 9.17) is 9.47 Å². The van der Waals surface area contributed by atoms with Gasteiger partial charge in [0.1, 0.15) is 17.7 Å². The molecule has 1 saturated heterocycles. The third-order valence-electron chi connectivity index (χ3n) is 4.38. The van der Waals surface area contributed by atoms with Gasteiger partial charge in [0, 0.05) is 30.1 Å². The van der Waals surface area contributed by atoms with Gasteiger partial charge in [-0.05, 0) is 31.9 Å². The van der Waals surface area contributed by atoms with E-state index in [0.717, 1.165) is 11.4 Å². The smallest absolute Gasteiger partial charge is 0.254 e. The first kappa shape index (κ1) is 22.6. The zero-order valence-corrected chi connectivity index (χ0v) is 17.8. The Morgan fingerprint density at radius 1 is 1.45 bits per heavy atom. The van der Waals surface area contributed by atoms with Crippen molar-refractivity contribution in [1.82, 2.24) is 9.91 Å². The molecule has 1 unspecified atom stereocenters. The van der Waals surface area contributed by atoms with Crippen molar-refractivity contribution in [1.29, 1.82) is 0 Å². The van der Waals surface area contributed by atoms with Crippen molar-refractivity contribution in [2.24, 2.45) is 11.0 Å². The van der Waals surface area contributed by atoms with Gasteiger partial charge in [0.05, 0.1) is 26.0 Å². The number of benzene rings is 1. The molecule has 0 bridgehead atoms. The van der Waals surface area contributed by atoms with Crippen molar-refractivity contribution in [3.8, 4) is 5.75 Å². The van der Waals surface area contributed by atoms with Crippen molar-refractivity contribution < 1.29 is 18.7 Å². The van der Waals surface area contributed by atoms with E-state index in [1.54, 1.807) is 22.2 Å². The fraction of sp³-hybridized carbons (Fsp3) is 0.455. The van der Waals surface area contributed by atoms with Crippen LogP contribution in [0.15, 0.2) is 47.3 Å². The number of nitrogens with zero attached hydrogens (tertiary/aromatic N) is 3. The third kappa shape index (κ3) is 5.90. The van der Waals surface area contributed by atoms with E-state index in [0.29, 0.717) is 25.4 Å². The Hall–Kier alpha value is -2.67. The topological polar surface area (TPSA) is 54.4 Å². The van der Waals surface area contributed by atoms with Crippen LogP contribution in [0.3, 0.4) is 0 Å². The Balaban J connectivity index is 2.30. The molecule has 1 atom stereocenters.